The van der Waals surface area contributed by atoms with Crippen LogP contribution in [0.3, 0.4) is 0 Å². The molecule has 0 radical (unpaired) electrons. The molecule has 1 amide bonds. The first-order valence-corrected chi connectivity index (χ1v) is 10.8. The highest BCUT2D eigenvalue weighted by molar-refractivity contribution is 9.10. The lowest BCUT2D eigenvalue weighted by atomic mass is 9.87. The Morgan fingerprint density at radius 1 is 1.03 bits per heavy atom. The molecule has 0 aliphatic carbocycles. The fraction of sp³-hybridized carbons (Fsp3) is 0.0870. The molecule has 3 aromatic carbocycles. The monoisotopic (exact) mass is 500 g/mol. The number of anilines is 1. The SMILES string of the molecule is O=C1N(Cc2ccccc2Cl)c2ccc(Cl)cc2C1(O)c1c[nH]c2ccc(Br)cc12. The van der Waals surface area contributed by atoms with Crippen LogP contribution in [0.2, 0.25) is 10.0 Å². The van der Waals surface area contributed by atoms with Gasteiger partial charge in [0.25, 0.3) is 5.91 Å². The van der Waals surface area contributed by atoms with Crippen molar-refractivity contribution in [2.75, 3.05) is 4.90 Å². The van der Waals surface area contributed by atoms with Crippen molar-refractivity contribution in [3.05, 3.63) is 98.1 Å². The van der Waals surface area contributed by atoms with Crippen LogP contribution in [0, 0.1) is 0 Å². The van der Waals surface area contributed by atoms with Crippen molar-refractivity contribution >= 4 is 61.6 Å². The lowest BCUT2D eigenvalue weighted by Crippen LogP contribution is -2.40. The van der Waals surface area contributed by atoms with Crippen molar-refractivity contribution < 1.29 is 9.90 Å². The van der Waals surface area contributed by atoms with Crippen molar-refractivity contribution in [2.45, 2.75) is 12.1 Å². The van der Waals surface area contributed by atoms with Gasteiger partial charge in [-0.05, 0) is 48.0 Å². The Bertz CT molecular complexity index is 1320. The van der Waals surface area contributed by atoms with E-state index < -0.39 is 11.5 Å². The first kappa shape index (κ1) is 19.6. The van der Waals surface area contributed by atoms with E-state index in [2.05, 4.69) is 20.9 Å². The number of aromatic nitrogens is 1. The molecule has 4 aromatic rings. The average molecular weight is 502 g/mol. The second-order valence-corrected chi connectivity index (χ2v) is 9.01. The number of hydrogen-bond donors (Lipinski definition) is 2. The minimum Gasteiger partial charge on any atom is -0.372 e. The van der Waals surface area contributed by atoms with E-state index in [9.17, 15) is 9.90 Å². The predicted molar refractivity (Wildman–Crippen MR) is 123 cm³/mol. The summed E-state index contributed by atoms with van der Waals surface area (Å²) in [5.41, 5.74) is 1.28. The average Bonchev–Trinajstić information content (AvgIpc) is 3.23. The molecule has 0 spiro atoms. The van der Waals surface area contributed by atoms with Crippen LogP contribution < -0.4 is 4.90 Å². The number of aromatic amines is 1. The number of benzene rings is 3. The fourth-order valence-corrected chi connectivity index (χ4v) is 4.79. The maximum absolute atomic E-state index is 13.7. The summed E-state index contributed by atoms with van der Waals surface area (Å²) in [4.78, 5) is 18.4. The smallest absolute Gasteiger partial charge is 0.268 e. The van der Waals surface area contributed by atoms with Gasteiger partial charge in [-0.1, -0.05) is 57.3 Å². The minimum absolute atomic E-state index is 0.238. The summed E-state index contributed by atoms with van der Waals surface area (Å²) in [6.45, 7) is 0.238. The predicted octanol–water partition coefficient (Wildman–Crippen LogP) is 6.02. The second kappa shape index (κ2) is 7.13. The molecule has 0 saturated heterocycles. The number of hydrogen-bond acceptors (Lipinski definition) is 2. The minimum atomic E-state index is -1.87. The van der Waals surface area contributed by atoms with Gasteiger partial charge in [-0.25, -0.2) is 0 Å². The van der Waals surface area contributed by atoms with E-state index in [1.54, 1.807) is 35.4 Å². The zero-order valence-electron chi connectivity index (χ0n) is 15.5. The van der Waals surface area contributed by atoms with E-state index >= 15 is 0 Å². The van der Waals surface area contributed by atoms with Gasteiger partial charge in [0.15, 0.2) is 5.60 Å². The number of halogens is 3. The summed E-state index contributed by atoms with van der Waals surface area (Å²) in [5, 5.41) is 13.6. The maximum Gasteiger partial charge on any atom is 0.268 e. The van der Waals surface area contributed by atoms with Gasteiger partial charge in [-0.2, -0.15) is 0 Å². The van der Waals surface area contributed by atoms with E-state index in [0.717, 1.165) is 20.9 Å². The normalized spacial score (nSPS) is 18.3. The van der Waals surface area contributed by atoms with Crippen LogP contribution in [-0.4, -0.2) is 16.0 Å². The molecule has 7 heteroatoms. The van der Waals surface area contributed by atoms with Crippen LogP contribution >= 0.6 is 39.1 Å². The standard InChI is InChI=1S/C23H15BrCl2N2O2/c24-14-5-7-20-16(9-14)18(11-27-20)23(30)17-10-15(25)6-8-21(17)28(22(23)29)12-13-3-1-2-4-19(13)26/h1-11,27,30H,12H2. The number of aliphatic hydroxyl groups is 1. The molecule has 1 aliphatic heterocycles. The Labute approximate surface area is 191 Å². The lowest BCUT2D eigenvalue weighted by molar-refractivity contribution is -0.132. The van der Waals surface area contributed by atoms with Crippen molar-refractivity contribution in [3.8, 4) is 0 Å². The van der Waals surface area contributed by atoms with Crippen LogP contribution in [0.1, 0.15) is 16.7 Å². The Hall–Kier alpha value is -2.31. The van der Waals surface area contributed by atoms with Crippen molar-refractivity contribution in [1.82, 2.24) is 4.98 Å². The van der Waals surface area contributed by atoms with Gasteiger partial charge in [-0.15, -0.1) is 0 Å². The van der Waals surface area contributed by atoms with Crippen LogP contribution in [0.4, 0.5) is 5.69 Å². The third-order valence-electron chi connectivity index (χ3n) is 5.51. The molecule has 4 nitrogen and oxygen atoms in total. The molecule has 1 atom stereocenters. The quantitative estimate of drug-likeness (QED) is 0.360. The fourth-order valence-electron chi connectivity index (χ4n) is 4.06. The van der Waals surface area contributed by atoms with E-state index in [4.69, 9.17) is 23.2 Å². The van der Waals surface area contributed by atoms with Gasteiger partial charge in [-0.3, -0.25) is 4.79 Å². The summed E-state index contributed by atoms with van der Waals surface area (Å²) < 4.78 is 0.851. The highest BCUT2D eigenvalue weighted by atomic mass is 79.9. The second-order valence-electron chi connectivity index (χ2n) is 7.25. The molecule has 2 N–H and O–H groups in total. The first-order valence-electron chi connectivity index (χ1n) is 9.24. The first-order chi connectivity index (χ1) is 14.4. The molecular weight excluding hydrogens is 487 g/mol. The summed E-state index contributed by atoms with van der Waals surface area (Å²) in [6.07, 6.45) is 1.68. The van der Waals surface area contributed by atoms with Crippen LogP contribution in [0.25, 0.3) is 10.9 Å². The number of carbonyl (C=O) groups is 1. The number of nitrogens with zero attached hydrogens (tertiary/aromatic N) is 1. The molecule has 0 bridgehead atoms. The number of H-pyrrole nitrogens is 1. The zero-order chi connectivity index (χ0) is 21.0. The topological polar surface area (TPSA) is 56.3 Å². The third-order valence-corrected chi connectivity index (χ3v) is 6.61. The van der Waals surface area contributed by atoms with E-state index in [-0.39, 0.29) is 6.54 Å². The number of fused-ring (bicyclic) bond motifs is 2. The summed E-state index contributed by atoms with van der Waals surface area (Å²) >= 11 is 16.1. The number of amides is 1. The molecule has 2 heterocycles. The van der Waals surface area contributed by atoms with E-state index in [1.165, 1.54) is 0 Å². The lowest BCUT2D eigenvalue weighted by Gasteiger charge is -2.23. The van der Waals surface area contributed by atoms with Crippen LogP contribution in [0.5, 0.6) is 0 Å². The van der Waals surface area contributed by atoms with E-state index in [1.807, 2.05) is 36.4 Å². The zero-order valence-corrected chi connectivity index (χ0v) is 18.6. The molecule has 30 heavy (non-hydrogen) atoms. The molecule has 0 saturated carbocycles. The van der Waals surface area contributed by atoms with Gasteiger partial charge in [0.1, 0.15) is 0 Å². The number of nitrogens with one attached hydrogen (secondary N) is 1. The van der Waals surface area contributed by atoms with Gasteiger partial charge in [0, 0.05) is 42.7 Å². The third kappa shape index (κ3) is 2.88. The Balaban J connectivity index is 1.71. The summed E-state index contributed by atoms with van der Waals surface area (Å²) in [5.74, 6) is -0.444. The molecule has 1 aromatic heterocycles. The van der Waals surface area contributed by atoms with Crippen molar-refractivity contribution in [3.63, 3.8) is 0 Å². The van der Waals surface area contributed by atoms with Crippen molar-refractivity contribution in [2.24, 2.45) is 0 Å². The molecule has 5 rings (SSSR count). The van der Waals surface area contributed by atoms with Gasteiger partial charge in [0.2, 0.25) is 0 Å². The van der Waals surface area contributed by atoms with E-state index in [0.29, 0.717) is 26.9 Å². The van der Waals surface area contributed by atoms with Gasteiger partial charge >= 0.3 is 0 Å². The van der Waals surface area contributed by atoms with Crippen molar-refractivity contribution in [1.29, 1.82) is 0 Å². The highest BCUT2D eigenvalue weighted by Crippen LogP contribution is 2.48. The summed E-state index contributed by atoms with van der Waals surface area (Å²) in [7, 11) is 0. The largest absolute Gasteiger partial charge is 0.372 e. The van der Waals surface area contributed by atoms with Gasteiger partial charge in [0.05, 0.1) is 12.2 Å². The Morgan fingerprint density at radius 2 is 1.83 bits per heavy atom. The molecular formula is C23H15BrCl2N2O2. The summed E-state index contributed by atoms with van der Waals surface area (Å²) in [6, 6.07) is 18.2. The Morgan fingerprint density at radius 3 is 2.63 bits per heavy atom. The molecule has 0 fully saturated rings. The number of rotatable bonds is 3. The number of carbonyl (C=O) groups excluding carboxylic acids is 1. The van der Waals surface area contributed by atoms with Crippen LogP contribution in [-0.2, 0) is 16.9 Å². The van der Waals surface area contributed by atoms with Crippen LogP contribution in [0.15, 0.2) is 71.3 Å². The highest BCUT2D eigenvalue weighted by Gasteiger charge is 2.52. The molecule has 150 valence electrons. The Kier molecular flexibility index (Phi) is 4.67. The molecule has 1 aliphatic rings. The molecule has 1 unspecified atom stereocenters. The maximum atomic E-state index is 13.7. The van der Waals surface area contributed by atoms with Gasteiger partial charge < -0.3 is 15.0 Å².